The van der Waals surface area contributed by atoms with Crippen molar-refractivity contribution in [3.63, 3.8) is 0 Å². The maximum Gasteiger partial charge on any atom is 0.332 e. The van der Waals surface area contributed by atoms with Crippen molar-refractivity contribution in [2.24, 2.45) is 0 Å². The molecule has 3 aromatic carbocycles. The molecule has 1 N–H and O–H groups in total. The number of benzene rings is 3. The van der Waals surface area contributed by atoms with Gasteiger partial charge in [0, 0.05) is 47.9 Å². The number of carbonyl (C=O) groups is 1. The standard InChI is InChI=1S/C32H36O9/c1-6-13-38-26-10-8-9-23(31(26)24-12-11-21(36-4)16-28(24)39-18-35-3)22(7-2)25(32(33)34)14-20-15-29-30(41-19-40-29)17-27(20)37-5/h8-12,15-17H,6-7,13-14,18-19H2,1-5H3,(H,33,34). The number of aliphatic carboxylic acids is 1. The van der Waals surface area contributed by atoms with Crippen LogP contribution >= 0.6 is 0 Å². The van der Waals surface area contributed by atoms with Gasteiger partial charge >= 0.3 is 5.97 Å². The fourth-order valence-electron chi connectivity index (χ4n) is 4.83. The maximum atomic E-state index is 12.9. The van der Waals surface area contributed by atoms with E-state index in [1.807, 2.05) is 44.2 Å². The molecule has 0 saturated carbocycles. The Kier molecular flexibility index (Phi) is 9.97. The van der Waals surface area contributed by atoms with E-state index in [9.17, 15) is 9.90 Å². The lowest BCUT2D eigenvalue weighted by atomic mass is 9.87. The third-order valence-corrected chi connectivity index (χ3v) is 6.72. The van der Waals surface area contributed by atoms with Gasteiger partial charge in [-0.05, 0) is 48.2 Å². The average Bonchev–Trinajstić information content (AvgIpc) is 3.45. The first kappa shape index (κ1) is 29.6. The fraction of sp³-hybridized carbons (Fsp3) is 0.344. The van der Waals surface area contributed by atoms with Crippen LogP contribution in [0.25, 0.3) is 16.7 Å². The van der Waals surface area contributed by atoms with Crippen LogP contribution in [0.15, 0.2) is 54.1 Å². The lowest BCUT2D eigenvalue weighted by Gasteiger charge is -2.22. The number of fused-ring (bicyclic) bond motifs is 1. The zero-order valence-electron chi connectivity index (χ0n) is 24.1. The highest BCUT2D eigenvalue weighted by Crippen LogP contribution is 2.45. The van der Waals surface area contributed by atoms with E-state index in [0.717, 1.165) is 23.1 Å². The number of carboxylic acids is 1. The van der Waals surface area contributed by atoms with Crippen LogP contribution in [0, 0.1) is 0 Å². The van der Waals surface area contributed by atoms with Crippen LogP contribution in [0.2, 0.25) is 0 Å². The summed E-state index contributed by atoms with van der Waals surface area (Å²) in [6.45, 7) is 4.59. The summed E-state index contributed by atoms with van der Waals surface area (Å²) < 4.78 is 39.4. The fourth-order valence-corrected chi connectivity index (χ4v) is 4.83. The van der Waals surface area contributed by atoms with Crippen molar-refractivity contribution in [2.45, 2.75) is 33.1 Å². The van der Waals surface area contributed by atoms with Gasteiger partial charge in [-0.15, -0.1) is 0 Å². The molecule has 1 heterocycles. The lowest BCUT2D eigenvalue weighted by Crippen LogP contribution is -2.10. The first-order chi connectivity index (χ1) is 19.9. The summed E-state index contributed by atoms with van der Waals surface area (Å²) in [5, 5.41) is 10.5. The van der Waals surface area contributed by atoms with Crippen LogP contribution in [0.5, 0.6) is 34.5 Å². The van der Waals surface area contributed by atoms with Crippen LogP contribution in [-0.2, 0) is 16.0 Å². The van der Waals surface area contributed by atoms with E-state index < -0.39 is 5.97 Å². The number of methoxy groups -OCH3 is 3. The molecule has 3 aromatic rings. The van der Waals surface area contributed by atoms with Crippen molar-refractivity contribution in [2.75, 3.05) is 41.5 Å². The Labute approximate surface area is 240 Å². The number of rotatable bonds is 14. The van der Waals surface area contributed by atoms with E-state index >= 15 is 0 Å². The third kappa shape index (κ3) is 6.52. The van der Waals surface area contributed by atoms with E-state index in [1.54, 1.807) is 39.5 Å². The summed E-state index contributed by atoms with van der Waals surface area (Å²) in [5.41, 5.74) is 3.73. The van der Waals surface area contributed by atoms with Gasteiger partial charge in [-0.25, -0.2) is 4.79 Å². The molecule has 0 spiro atoms. The van der Waals surface area contributed by atoms with E-state index in [0.29, 0.717) is 58.7 Å². The normalized spacial score (nSPS) is 12.5. The number of hydrogen-bond acceptors (Lipinski definition) is 8. The van der Waals surface area contributed by atoms with Crippen LogP contribution in [0.4, 0.5) is 0 Å². The van der Waals surface area contributed by atoms with Gasteiger partial charge in [0.25, 0.3) is 0 Å². The molecule has 9 nitrogen and oxygen atoms in total. The van der Waals surface area contributed by atoms with Crippen molar-refractivity contribution in [3.8, 4) is 45.6 Å². The summed E-state index contributed by atoms with van der Waals surface area (Å²) in [7, 11) is 4.68. The summed E-state index contributed by atoms with van der Waals surface area (Å²) in [4.78, 5) is 12.9. The first-order valence-corrected chi connectivity index (χ1v) is 13.4. The van der Waals surface area contributed by atoms with E-state index in [2.05, 4.69) is 0 Å². The van der Waals surface area contributed by atoms with Crippen LogP contribution < -0.4 is 28.4 Å². The minimum atomic E-state index is -1.03. The molecule has 4 rings (SSSR count). The lowest BCUT2D eigenvalue weighted by molar-refractivity contribution is -0.132. The van der Waals surface area contributed by atoms with Crippen molar-refractivity contribution in [1.29, 1.82) is 0 Å². The van der Waals surface area contributed by atoms with Gasteiger partial charge < -0.3 is 38.3 Å². The van der Waals surface area contributed by atoms with Crippen LogP contribution in [-0.4, -0.2) is 52.6 Å². The number of ether oxygens (including phenoxy) is 7. The smallest absolute Gasteiger partial charge is 0.332 e. The van der Waals surface area contributed by atoms with E-state index in [4.69, 9.17) is 33.2 Å². The summed E-state index contributed by atoms with van der Waals surface area (Å²) >= 11 is 0. The van der Waals surface area contributed by atoms with E-state index in [-0.39, 0.29) is 25.6 Å². The highest BCUT2D eigenvalue weighted by Gasteiger charge is 2.25. The average molecular weight is 565 g/mol. The Morgan fingerprint density at radius 2 is 1.68 bits per heavy atom. The van der Waals surface area contributed by atoms with Gasteiger partial charge in [-0.1, -0.05) is 26.0 Å². The van der Waals surface area contributed by atoms with Crippen LogP contribution in [0.1, 0.15) is 37.8 Å². The van der Waals surface area contributed by atoms with Crippen molar-refractivity contribution < 1.29 is 43.1 Å². The van der Waals surface area contributed by atoms with Gasteiger partial charge in [0.15, 0.2) is 18.3 Å². The molecule has 218 valence electrons. The minimum Gasteiger partial charge on any atom is -0.497 e. The second-order valence-corrected chi connectivity index (χ2v) is 9.25. The van der Waals surface area contributed by atoms with Crippen LogP contribution in [0.3, 0.4) is 0 Å². The monoisotopic (exact) mass is 564 g/mol. The molecule has 0 unspecified atom stereocenters. The molecule has 1 aliphatic heterocycles. The largest absolute Gasteiger partial charge is 0.497 e. The molecule has 0 fully saturated rings. The Hall–Kier alpha value is -4.37. The van der Waals surface area contributed by atoms with Gasteiger partial charge in [-0.2, -0.15) is 0 Å². The van der Waals surface area contributed by atoms with E-state index in [1.165, 1.54) is 0 Å². The second kappa shape index (κ2) is 13.8. The first-order valence-electron chi connectivity index (χ1n) is 13.4. The third-order valence-electron chi connectivity index (χ3n) is 6.72. The van der Waals surface area contributed by atoms with Crippen molar-refractivity contribution in [1.82, 2.24) is 0 Å². The SMILES string of the molecule is CCCOc1cccc(C(CC)=C(Cc2cc3c(cc2OC)OCO3)C(=O)O)c1-c1ccc(OC)cc1OCOC. The molecule has 1 aliphatic rings. The number of carboxylic acid groups (broad SMARTS) is 1. The Balaban J connectivity index is 1.94. The highest BCUT2D eigenvalue weighted by molar-refractivity contribution is 6.00. The molecular weight excluding hydrogens is 528 g/mol. The summed E-state index contributed by atoms with van der Waals surface area (Å²) in [6.07, 6.45) is 1.36. The number of hydrogen-bond donors (Lipinski definition) is 1. The summed E-state index contributed by atoms with van der Waals surface area (Å²) in [6, 6.07) is 14.7. The Morgan fingerprint density at radius 3 is 2.34 bits per heavy atom. The number of allylic oxidation sites excluding steroid dienone is 1. The predicted octanol–water partition coefficient (Wildman–Crippen LogP) is 6.36. The maximum absolute atomic E-state index is 12.9. The topological polar surface area (TPSA) is 102 Å². The Bertz CT molecular complexity index is 1410. The molecule has 41 heavy (non-hydrogen) atoms. The zero-order chi connectivity index (χ0) is 29.4. The predicted molar refractivity (Wildman–Crippen MR) is 154 cm³/mol. The quantitative estimate of drug-likeness (QED) is 0.177. The summed E-state index contributed by atoms with van der Waals surface area (Å²) in [5.74, 6) is 2.36. The van der Waals surface area contributed by atoms with Crippen molar-refractivity contribution >= 4 is 11.5 Å². The van der Waals surface area contributed by atoms with Gasteiger partial charge in [0.1, 0.15) is 23.0 Å². The Morgan fingerprint density at radius 1 is 0.902 bits per heavy atom. The van der Waals surface area contributed by atoms with Gasteiger partial charge in [0.2, 0.25) is 6.79 Å². The van der Waals surface area contributed by atoms with Gasteiger partial charge in [-0.3, -0.25) is 0 Å². The molecule has 0 amide bonds. The molecule has 9 heteroatoms. The highest BCUT2D eigenvalue weighted by atomic mass is 16.7. The molecule has 0 aliphatic carbocycles. The zero-order valence-corrected chi connectivity index (χ0v) is 24.1. The van der Waals surface area contributed by atoms with Gasteiger partial charge in [0.05, 0.1) is 20.8 Å². The molecule has 0 aromatic heterocycles. The van der Waals surface area contributed by atoms with Crippen molar-refractivity contribution in [3.05, 3.63) is 65.2 Å². The second-order valence-electron chi connectivity index (χ2n) is 9.25. The molecule has 0 saturated heterocycles. The molecular formula is C32H36O9. The minimum absolute atomic E-state index is 0.0221. The molecule has 0 radical (unpaired) electrons. The molecule has 0 atom stereocenters. The molecule has 0 bridgehead atoms.